The van der Waals surface area contributed by atoms with Gasteiger partial charge in [-0.3, -0.25) is 4.90 Å². The predicted octanol–water partition coefficient (Wildman–Crippen LogP) is 1.70. The number of likely N-dealkylation sites (tertiary alicyclic amines) is 1. The molecule has 0 bridgehead atoms. The summed E-state index contributed by atoms with van der Waals surface area (Å²) in [7, 11) is 0. The van der Waals surface area contributed by atoms with Crippen LogP contribution in [0.4, 0.5) is 0 Å². The maximum absolute atomic E-state index is 5.78. The van der Waals surface area contributed by atoms with Crippen molar-refractivity contribution in [3.63, 3.8) is 0 Å². The molecule has 2 nitrogen and oxygen atoms in total. The van der Waals surface area contributed by atoms with Gasteiger partial charge in [0.05, 0.1) is 0 Å². The Balaban J connectivity index is 2.11. The highest BCUT2D eigenvalue weighted by Crippen LogP contribution is 2.26. The van der Waals surface area contributed by atoms with Gasteiger partial charge in [0.25, 0.3) is 0 Å². The SMILES string of the molecule is Cc1ccccc1C(C)N1CC(N)C1. The minimum Gasteiger partial charge on any atom is -0.325 e. The normalized spacial score (nSPS) is 20.5. The molecule has 2 heteroatoms. The van der Waals surface area contributed by atoms with E-state index in [1.54, 1.807) is 0 Å². The van der Waals surface area contributed by atoms with E-state index in [4.69, 9.17) is 5.73 Å². The van der Waals surface area contributed by atoms with Crippen LogP contribution in [0.3, 0.4) is 0 Å². The fraction of sp³-hybridized carbons (Fsp3) is 0.500. The van der Waals surface area contributed by atoms with Crippen molar-refractivity contribution in [1.29, 1.82) is 0 Å². The van der Waals surface area contributed by atoms with Gasteiger partial charge in [-0.15, -0.1) is 0 Å². The zero-order chi connectivity index (χ0) is 10.1. The summed E-state index contributed by atoms with van der Waals surface area (Å²) < 4.78 is 0. The second-order valence-corrected chi connectivity index (χ2v) is 4.25. The Morgan fingerprint density at radius 1 is 1.36 bits per heavy atom. The molecule has 0 amide bonds. The van der Waals surface area contributed by atoms with E-state index in [2.05, 4.69) is 43.0 Å². The van der Waals surface area contributed by atoms with E-state index >= 15 is 0 Å². The van der Waals surface area contributed by atoms with E-state index in [-0.39, 0.29) is 0 Å². The molecule has 0 spiro atoms. The second kappa shape index (κ2) is 3.71. The van der Waals surface area contributed by atoms with Gasteiger partial charge in [-0.2, -0.15) is 0 Å². The third kappa shape index (κ3) is 1.68. The summed E-state index contributed by atoms with van der Waals surface area (Å²) in [6, 6.07) is 9.49. The summed E-state index contributed by atoms with van der Waals surface area (Å²) in [6.07, 6.45) is 0. The lowest BCUT2D eigenvalue weighted by molar-refractivity contribution is 0.103. The number of benzene rings is 1. The number of aryl methyl sites for hydroxylation is 1. The molecule has 2 N–H and O–H groups in total. The maximum atomic E-state index is 5.78. The standard InChI is InChI=1S/C12H18N2/c1-9-5-3-4-6-12(9)10(2)14-7-11(13)8-14/h3-6,10-11H,7-8,13H2,1-2H3. The Morgan fingerprint density at radius 2 is 2.00 bits per heavy atom. The number of hydrogen-bond acceptors (Lipinski definition) is 2. The fourth-order valence-electron chi connectivity index (χ4n) is 2.12. The third-order valence-corrected chi connectivity index (χ3v) is 3.12. The lowest BCUT2D eigenvalue weighted by Gasteiger charge is -2.41. The predicted molar refractivity (Wildman–Crippen MR) is 59.1 cm³/mol. The Morgan fingerprint density at radius 3 is 2.57 bits per heavy atom. The lowest BCUT2D eigenvalue weighted by Crippen LogP contribution is -2.56. The van der Waals surface area contributed by atoms with Crippen LogP contribution >= 0.6 is 0 Å². The van der Waals surface area contributed by atoms with Gasteiger partial charge in [0.1, 0.15) is 0 Å². The van der Waals surface area contributed by atoms with Gasteiger partial charge < -0.3 is 5.73 Å². The molecule has 1 fully saturated rings. The highest BCUT2D eigenvalue weighted by Gasteiger charge is 2.28. The van der Waals surface area contributed by atoms with Crippen LogP contribution in [0.2, 0.25) is 0 Å². The van der Waals surface area contributed by atoms with Gasteiger partial charge in [0.15, 0.2) is 0 Å². The van der Waals surface area contributed by atoms with Crippen LogP contribution in [0.1, 0.15) is 24.1 Å². The largest absolute Gasteiger partial charge is 0.325 e. The smallest absolute Gasteiger partial charge is 0.0323 e. The molecule has 1 aliphatic heterocycles. The first-order chi connectivity index (χ1) is 6.68. The molecule has 1 heterocycles. The van der Waals surface area contributed by atoms with Crippen molar-refractivity contribution >= 4 is 0 Å². The molecule has 1 aliphatic rings. The molecular weight excluding hydrogens is 172 g/mol. The van der Waals surface area contributed by atoms with Crippen molar-refractivity contribution < 1.29 is 0 Å². The van der Waals surface area contributed by atoms with Crippen molar-refractivity contribution in [3.05, 3.63) is 35.4 Å². The number of nitrogens with zero attached hydrogens (tertiary/aromatic N) is 1. The Hall–Kier alpha value is -0.860. The Labute approximate surface area is 85.7 Å². The summed E-state index contributed by atoms with van der Waals surface area (Å²) in [6.45, 7) is 6.50. The first-order valence-electron chi connectivity index (χ1n) is 5.23. The minimum absolute atomic E-state index is 0.390. The Kier molecular flexibility index (Phi) is 2.57. The molecule has 0 saturated carbocycles. The van der Waals surface area contributed by atoms with Gasteiger partial charge in [0, 0.05) is 25.2 Å². The zero-order valence-corrected chi connectivity index (χ0v) is 8.90. The molecule has 1 unspecified atom stereocenters. The molecule has 14 heavy (non-hydrogen) atoms. The monoisotopic (exact) mass is 190 g/mol. The summed E-state index contributed by atoms with van der Waals surface area (Å²) in [5.41, 5.74) is 8.59. The van der Waals surface area contributed by atoms with Crippen molar-refractivity contribution in [3.8, 4) is 0 Å². The molecular formula is C12H18N2. The quantitative estimate of drug-likeness (QED) is 0.769. The first-order valence-corrected chi connectivity index (χ1v) is 5.23. The molecule has 1 aromatic rings. The third-order valence-electron chi connectivity index (χ3n) is 3.12. The van der Waals surface area contributed by atoms with Crippen molar-refractivity contribution in [1.82, 2.24) is 4.90 Å². The molecule has 0 radical (unpaired) electrons. The van der Waals surface area contributed by atoms with Gasteiger partial charge >= 0.3 is 0 Å². The van der Waals surface area contributed by atoms with Crippen LogP contribution in [0, 0.1) is 6.92 Å². The van der Waals surface area contributed by atoms with Crippen LogP contribution in [-0.4, -0.2) is 24.0 Å². The first kappa shape index (κ1) is 9.69. The van der Waals surface area contributed by atoms with Crippen LogP contribution in [0.5, 0.6) is 0 Å². The molecule has 1 atom stereocenters. The van der Waals surface area contributed by atoms with Crippen molar-refractivity contribution in [2.75, 3.05) is 13.1 Å². The van der Waals surface area contributed by atoms with E-state index in [1.807, 2.05) is 0 Å². The van der Waals surface area contributed by atoms with Gasteiger partial charge in [-0.25, -0.2) is 0 Å². The van der Waals surface area contributed by atoms with Crippen LogP contribution in [0.25, 0.3) is 0 Å². The second-order valence-electron chi connectivity index (χ2n) is 4.25. The van der Waals surface area contributed by atoms with Crippen LogP contribution in [-0.2, 0) is 0 Å². The molecule has 1 saturated heterocycles. The van der Waals surface area contributed by atoms with Crippen molar-refractivity contribution in [2.45, 2.75) is 25.9 Å². The topological polar surface area (TPSA) is 29.3 Å². The van der Waals surface area contributed by atoms with Gasteiger partial charge in [0.2, 0.25) is 0 Å². The van der Waals surface area contributed by atoms with Gasteiger partial charge in [-0.1, -0.05) is 24.3 Å². The van der Waals surface area contributed by atoms with Gasteiger partial charge in [-0.05, 0) is 25.0 Å². The lowest BCUT2D eigenvalue weighted by atomic mass is 9.97. The fourth-order valence-corrected chi connectivity index (χ4v) is 2.12. The Bertz CT molecular complexity index is 316. The highest BCUT2D eigenvalue weighted by atomic mass is 15.2. The van der Waals surface area contributed by atoms with E-state index in [0.717, 1.165) is 13.1 Å². The summed E-state index contributed by atoms with van der Waals surface area (Å²) >= 11 is 0. The van der Waals surface area contributed by atoms with E-state index in [0.29, 0.717) is 12.1 Å². The number of rotatable bonds is 2. The minimum atomic E-state index is 0.390. The molecule has 0 aromatic heterocycles. The highest BCUT2D eigenvalue weighted by molar-refractivity contribution is 5.28. The van der Waals surface area contributed by atoms with E-state index in [1.165, 1.54) is 11.1 Å². The summed E-state index contributed by atoms with van der Waals surface area (Å²) in [5.74, 6) is 0. The average Bonchev–Trinajstić information content (AvgIpc) is 2.13. The summed E-state index contributed by atoms with van der Waals surface area (Å²) in [4.78, 5) is 2.42. The van der Waals surface area contributed by atoms with Crippen LogP contribution in [0.15, 0.2) is 24.3 Å². The maximum Gasteiger partial charge on any atom is 0.0323 e. The molecule has 0 aliphatic carbocycles. The number of hydrogen-bond donors (Lipinski definition) is 1. The molecule has 76 valence electrons. The molecule has 1 aromatic carbocycles. The summed E-state index contributed by atoms with van der Waals surface area (Å²) in [5, 5.41) is 0. The van der Waals surface area contributed by atoms with E-state index in [9.17, 15) is 0 Å². The molecule has 2 rings (SSSR count). The van der Waals surface area contributed by atoms with Crippen LogP contribution < -0.4 is 5.73 Å². The van der Waals surface area contributed by atoms with E-state index < -0.39 is 0 Å². The average molecular weight is 190 g/mol. The zero-order valence-electron chi connectivity index (χ0n) is 8.90. The number of nitrogens with two attached hydrogens (primary N) is 1. The van der Waals surface area contributed by atoms with Crippen molar-refractivity contribution in [2.24, 2.45) is 5.73 Å².